The van der Waals surface area contributed by atoms with Gasteiger partial charge in [0.25, 0.3) is 5.91 Å². The first-order valence-corrected chi connectivity index (χ1v) is 6.10. The van der Waals surface area contributed by atoms with E-state index in [2.05, 4.69) is 15.3 Å². The Hall–Kier alpha value is -2.34. The molecule has 0 bridgehead atoms. The summed E-state index contributed by atoms with van der Waals surface area (Å²) >= 11 is 5.96. The van der Waals surface area contributed by atoms with Crippen molar-refractivity contribution in [3.63, 3.8) is 0 Å². The van der Waals surface area contributed by atoms with Crippen LogP contribution in [0.4, 0.5) is 5.69 Å². The Bertz CT molecular complexity index is 593. The zero-order valence-corrected chi connectivity index (χ0v) is 11.4. The fourth-order valence-electron chi connectivity index (χ4n) is 1.43. The highest BCUT2D eigenvalue weighted by atomic mass is 35.5. The van der Waals surface area contributed by atoms with Crippen LogP contribution in [0.25, 0.3) is 0 Å². The van der Waals surface area contributed by atoms with E-state index in [1.807, 2.05) is 0 Å². The molecule has 2 aromatic rings. The van der Waals surface area contributed by atoms with Crippen molar-refractivity contribution in [2.75, 3.05) is 19.0 Å². The van der Waals surface area contributed by atoms with Gasteiger partial charge in [-0.2, -0.15) is 0 Å². The lowest BCUT2D eigenvalue weighted by Crippen LogP contribution is -2.20. The molecule has 104 valence electrons. The summed E-state index contributed by atoms with van der Waals surface area (Å²) in [4.78, 5) is 19.4. The van der Waals surface area contributed by atoms with Crippen molar-refractivity contribution in [1.29, 1.82) is 0 Å². The fraction of sp³-hybridized carbons (Fsp3) is 0.154. The second kappa shape index (κ2) is 6.72. The molecule has 0 unspecified atom stereocenters. The van der Waals surface area contributed by atoms with Crippen molar-refractivity contribution < 1.29 is 14.3 Å². The first-order valence-electron chi connectivity index (χ1n) is 5.72. The molecule has 1 aromatic heterocycles. The summed E-state index contributed by atoms with van der Waals surface area (Å²) in [6.45, 7) is -0.187. The standard InChI is InChI=1S/C13H12ClN3O3/c1-19-11-4-3-9(7-10(11)14)17-12(18)8-20-13-15-5-2-6-16-13/h2-7H,8H2,1H3,(H,17,18). The molecule has 0 fully saturated rings. The lowest BCUT2D eigenvalue weighted by atomic mass is 10.3. The van der Waals surface area contributed by atoms with Crippen LogP contribution in [0.15, 0.2) is 36.7 Å². The number of anilines is 1. The number of benzene rings is 1. The third kappa shape index (κ3) is 3.83. The normalized spacial score (nSPS) is 9.90. The number of hydrogen-bond donors (Lipinski definition) is 1. The molecule has 0 saturated carbocycles. The van der Waals surface area contributed by atoms with Crippen LogP contribution in [-0.2, 0) is 4.79 Å². The van der Waals surface area contributed by atoms with Crippen LogP contribution in [0, 0.1) is 0 Å². The van der Waals surface area contributed by atoms with Gasteiger partial charge in [0.15, 0.2) is 6.61 Å². The van der Waals surface area contributed by atoms with E-state index in [0.717, 1.165) is 0 Å². The summed E-state index contributed by atoms with van der Waals surface area (Å²) in [5.41, 5.74) is 0.554. The van der Waals surface area contributed by atoms with E-state index in [4.69, 9.17) is 21.1 Å². The zero-order valence-electron chi connectivity index (χ0n) is 10.7. The first-order chi connectivity index (χ1) is 9.69. The quantitative estimate of drug-likeness (QED) is 0.914. The molecule has 1 amide bonds. The Morgan fingerprint density at radius 2 is 2.10 bits per heavy atom. The average molecular weight is 294 g/mol. The third-order valence-corrected chi connectivity index (χ3v) is 2.61. The second-order valence-electron chi connectivity index (χ2n) is 3.72. The highest BCUT2D eigenvalue weighted by molar-refractivity contribution is 6.32. The summed E-state index contributed by atoms with van der Waals surface area (Å²) < 4.78 is 10.1. The Morgan fingerprint density at radius 1 is 1.35 bits per heavy atom. The lowest BCUT2D eigenvalue weighted by Gasteiger charge is -2.08. The van der Waals surface area contributed by atoms with E-state index >= 15 is 0 Å². The molecule has 0 atom stereocenters. The Labute approximate surface area is 120 Å². The van der Waals surface area contributed by atoms with Crippen LogP contribution in [0.5, 0.6) is 11.8 Å². The molecule has 6 nitrogen and oxygen atoms in total. The molecule has 0 aliphatic carbocycles. The van der Waals surface area contributed by atoms with E-state index < -0.39 is 0 Å². The van der Waals surface area contributed by atoms with Crippen molar-refractivity contribution in [1.82, 2.24) is 9.97 Å². The minimum atomic E-state index is -0.335. The Balaban J connectivity index is 1.90. The van der Waals surface area contributed by atoms with Gasteiger partial charge in [0.05, 0.1) is 12.1 Å². The molecule has 0 aliphatic heterocycles. The molecule has 0 saturated heterocycles. The van der Waals surface area contributed by atoms with Gasteiger partial charge in [-0.15, -0.1) is 0 Å². The summed E-state index contributed by atoms with van der Waals surface area (Å²) in [6.07, 6.45) is 3.06. The molecule has 0 radical (unpaired) electrons. The number of nitrogens with zero attached hydrogens (tertiary/aromatic N) is 2. The van der Waals surface area contributed by atoms with Gasteiger partial charge < -0.3 is 14.8 Å². The van der Waals surface area contributed by atoms with E-state index in [1.165, 1.54) is 19.5 Å². The molecule has 1 N–H and O–H groups in total. The number of aromatic nitrogens is 2. The summed E-state index contributed by atoms with van der Waals surface area (Å²) in [5, 5.41) is 3.06. The lowest BCUT2D eigenvalue weighted by molar-refractivity contribution is -0.118. The maximum absolute atomic E-state index is 11.7. The Morgan fingerprint density at radius 3 is 2.75 bits per heavy atom. The van der Waals surface area contributed by atoms with Crippen molar-refractivity contribution >= 4 is 23.2 Å². The largest absolute Gasteiger partial charge is 0.495 e. The average Bonchev–Trinajstić information content (AvgIpc) is 2.46. The number of ether oxygens (including phenoxy) is 2. The molecule has 1 heterocycles. The molecular weight excluding hydrogens is 282 g/mol. The van der Waals surface area contributed by atoms with Crippen LogP contribution in [-0.4, -0.2) is 29.6 Å². The topological polar surface area (TPSA) is 73.3 Å². The van der Waals surface area contributed by atoms with Gasteiger partial charge in [0.1, 0.15) is 5.75 Å². The van der Waals surface area contributed by atoms with Gasteiger partial charge in [-0.3, -0.25) is 4.79 Å². The molecule has 20 heavy (non-hydrogen) atoms. The summed E-state index contributed by atoms with van der Waals surface area (Å²) in [6, 6.07) is 6.75. The number of methoxy groups -OCH3 is 1. The number of nitrogens with one attached hydrogen (secondary N) is 1. The predicted molar refractivity (Wildman–Crippen MR) is 74.2 cm³/mol. The van der Waals surface area contributed by atoms with Crippen LogP contribution in [0.2, 0.25) is 5.02 Å². The maximum atomic E-state index is 11.7. The number of amides is 1. The number of halogens is 1. The molecule has 2 rings (SSSR count). The van der Waals surface area contributed by atoms with Gasteiger partial charge in [-0.05, 0) is 24.3 Å². The van der Waals surface area contributed by atoms with Crippen molar-refractivity contribution in [2.45, 2.75) is 0 Å². The van der Waals surface area contributed by atoms with Crippen LogP contribution in [0.1, 0.15) is 0 Å². The second-order valence-corrected chi connectivity index (χ2v) is 4.12. The van der Waals surface area contributed by atoms with Gasteiger partial charge in [0, 0.05) is 18.1 Å². The van der Waals surface area contributed by atoms with Crippen LogP contribution < -0.4 is 14.8 Å². The number of rotatable bonds is 5. The highest BCUT2D eigenvalue weighted by Gasteiger charge is 2.07. The number of carbonyl (C=O) groups is 1. The van der Waals surface area contributed by atoms with E-state index in [1.54, 1.807) is 24.3 Å². The van der Waals surface area contributed by atoms with Crippen molar-refractivity contribution in [3.05, 3.63) is 41.7 Å². The fourth-order valence-corrected chi connectivity index (χ4v) is 1.69. The van der Waals surface area contributed by atoms with Gasteiger partial charge in [-0.1, -0.05) is 11.6 Å². The monoisotopic (exact) mass is 293 g/mol. The van der Waals surface area contributed by atoms with E-state index in [9.17, 15) is 4.79 Å². The zero-order chi connectivity index (χ0) is 14.4. The summed E-state index contributed by atoms with van der Waals surface area (Å²) in [7, 11) is 1.52. The van der Waals surface area contributed by atoms with Crippen LogP contribution >= 0.6 is 11.6 Å². The highest BCUT2D eigenvalue weighted by Crippen LogP contribution is 2.27. The number of hydrogen-bond acceptors (Lipinski definition) is 5. The van der Waals surface area contributed by atoms with Crippen molar-refractivity contribution in [2.24, 2.45) is 0 Å². The minimum absolute atomic E-state index is 0.149. The first kappa shape index (κ1) is 14.1. The SMILES string of the molecule is COc1ccc(NC(=O)COc2ncccn2)cc1Cl. The van der Waals surface area contributed by atoms with Crippen molar-refractivity contribution in [3.8, 4) is 11.8 Å². The predicted octanol–water partition coefficient (Wildman–Crippen LogP) is 2.16. The molecule has 0 spiro atoms. The van der Waals surface area contributed by atoms with E-state index in [-0.39, 0.29) is 18.5 Å². The molecule has 7 heteroatoms. The van der Waals surface area contributed by atoms with Crippen LogP contribution in [0.3, 0.4) is 0 Å². The van der Waals surface area contributed by atoms with Gasteiger partial charge in [0.2, 0.25) is 0 Å². The smallest absolute Gasteiger partial charge is 0.316 e. The maximum Gasteiger partial charge on any atom is 0.316 e. The third-order valence-electron chi connectivity index (χ3n) is 2.31. The Kier molecular flexibility index (Phi) is 4.73. The molecule has 1 aromatic carbocycles. The minimum Gasteiger partial charge on any atom is -0.495 e. The molecular formula is C13H12ClN3O3. The molecule has 0 aliphatic rings. The van der Waals surface area contributed by atoms with E-state index in [0.29, 0.717) is 16.5 Å². The summed E-state index contributed by atoms with van der Waals surface area (Å²) in [5.74, 6) is 0.206. The van der Waals surface area contributed by atoms with Gasteiger partial charge in [-0.25, -0.2) is 9.97 Å². The van der Waals surface area contributed by atoms with Gasteiger partial charge >= 0.3 is 6.01 Å². The number of carbonyl (C=O) groups excluding carboxylic acids is 1.